The number of furan rings is 1. The van der Waals surface area contributed by atoms with Crippen molar-refractivity contribution in [3.05, 3.63) is 211 Å². The molecule has 0 unspecified atom stereocenters. The van der Waals surface area contributed by atoms with E-state index < -0.39 is 24.5 Å². The predicted octanol–water partition coefficient (Wildman–Crippen LogP) is 14.7. The highest BCUT2D eigenvalue weighted by Gasteiger charge is 2.27. The number of para-hydroxylation sites is 4. The van der Waals surface area contributed by atoms with Crippen molar-refractivity contribution >= 4 is 43.8 Å². The van der Waals surface area contributed by atoms with Gasteiger partial charge in [0, 0.05) is 30.0 Å². The highest BCUT2D eigenvalue weighted by atomic mass is 16.3. The minimum atomic E-state index is -1.95. The third kappa shape index (κ3) is 6.89. The van der Waals surface area contributed by atoms with Crippen molar-refractivity contribution in [1.29, 1.82) is 0 Å². The number of hydrogen-bond acceptors (Lipinski definition) is 2. The molecule has 0 N–H and O–H groups in total. The smallest absolute Gasteiger partial charge is 0.255 e. The average Bonchev–Trinajstić information content (AvgIpc) is 4.08. The summed E-state index contributed by atoms with van der Waals surface area (Å²) in [4.78, 5) is 4.79. The van der Waals surface area contributed by atoms with Crippen LogP contribution in [0, 0.1) is 0 Å². The summed E-state index contributed by atoms with van der Waals surface area (Å²) in [5.74, 6) is 0.699. The van der Waals surface area contributed by atoms with Gasteiger partial charge >= 0.3 is 0 Å². The topological polar surface area (TPSA) is 39.8 Å². The lowest BCUT2D eigenvalue weighted by molar-refractivity contribution is -0.566. The first-order chi connectivity index (χ1) is 33.8. The molecule has 0 radical (unpaired) electrons. The number of benzene rings is 7. The van der Waals surface area contributed by atoms with Gasteiger partial charge in [-0.2, -0.15) is 9.13 Å². The average molecular weight is 839 g/mol. The van der Waals surface area contributed by atoms with E-state index in [2.05, 4.69) is 76.4 Å². The zero-order valence-corrected chi connectivity index (χ0v) is 36.7. The number of rotatable bonds is 7. The molecule has 0 aliphatic carbocycles. The van der Waals surface area contributed by atoms with E-state index in [0.717, 1.165) is 60.5 Å². The zero-order valence-electron chi connectivity index (χ0n) is 43.7. The van der Waals surface area contributed by atoms with Crippen LogP contribution in [0.5, 0.6) is 0 Å². The molecule has 0 aliphatic rings. The van der Waals surface area contributed by atoms with Crippen LogP contribution in [0.25, 0.3) is 83.3 Å². The van der Waals surface area contributed by atoms with Gasteiger partial charge in [0.25, 0.3) is 6.33 Å². The molecule has 0 aliphatic heterocycles. The van der Waals surface area contributed by atoms with Gasteiger partial charge in [0.05, 0.1) is 30.3 Å². The Morgan fingerprint density at radius 3 is 2.09 bits per heavy atom. The van der Waals surface area contributed by atoms with Gasteiger partial charge < -0.3 is 4.42 Å². The second-order valence-electron chi connectivity index (χ2n) is 18.6. The Labute approximate surface area is 384 Å². The summed E-state index contributed by atoms with van der Waals surface area (Å²) in [6, 6.07) is 43.9. The third-order valence-corrected chi connectivity index (χ3v) is 12.3. The minimum absolute atomic E-state index is 0.101. The summed E-state index contributed by atoms with van der Waals surface area (Å²) in [6.07, 6.45) is 3.38. The van der Waals surface area contributed by atoms with E-state index in [4.69, 9.17) is 13.5 Å². The van der Waals surface area contributed by atoms with Gasteiger partial charge in [0.2, 0.25) is 0 Å². The summed E-state index contributed by atoms with van der Waals surface area (Å²) in [5, 5.41) is 2.93. The number of hydrogen-bond donors (Lipinski definition) is 0. The largest absolute Gasteiger partial charge is 0.463 e. The quantitative estimate of drug-likeness (QED) is 0.150. The van der Waals surface area contributed by atoms with Crippen LogP contribution in [-0.4, -0.2) is 14.1 Å². The van der Waals surface area contributed by atoms with Crippen molar-refractivity contribution in [2.75, 3.05) is 0 Å². The molecule has 0 saturated carbocycles. The lowest BCUT2D eigenvalue weighted by atomic mass is 9.78. The number of fused-ring (bicyclic) bond motifs is 5. The summed E-state index contributed by atoms with van der Waals surface area (Å²) in [6.45, 7) is 13.2. The first kappa shape index (κ1) is 32.2. The highest BCUT2D eigenvalue weighted by Crippen LogP contribution is 2.39. The van der Waals surface area contributed by atoms with Crippen molar-refractivity contribution in [2.45, 2.75) is 58.7 Å². The van der Waals surface area contributed by atoms with Gasteiger partial charge in [-0.05, 0) is 99.1 Å². The van der Waals surface area contributed by atoms with E-state index in [1.54, 1.807) is 12.5 Å². The van der Waals surface area contributed by atoms with Crippen LogP contribution in [0.2, 0.25) is 0 Å². The van der Waals surface area contributed by atoms with Crippen LogP contribution in [-0.2, 0) is 17.2 Å². The molecule has 7 aromatic carbocycles. The van der Waals surface area contributed by atoms with E-state index in [1.807, 2.05) is 125 Å². The molecule has 5 heteroatoms. The molecule has 0 saturated heterocycles. The Kier molecular flexibility index (Phi) is 7.60. The number of pyridine rings is 1. The molecule has 4 heterocycles. The number of imidazole rings is 1. The lowest BCUT2D eigenvalue weighted by Gasteiger charge is -2.26. The Hall–Kier alpha value is -7.50. The van der Waals surface area contributed by atoms with E-state index in [1.165, 1.54) is 0 Å². The molecule has 5 nitrogen and oxygen atoms in total. The molecular weight excluding hydrogens is 781 g/mol. The normalized spacial score (nSPS) is 14.1. The molecule has 0 spiro atoms. The maximum absolute atomic E-state index is 9.84. The molecule has 0 bridgehead atoms. The number of nitrogens with zero attached hydrogens (tertiary/aromatic N) is 4. The molecule has 11 aromatic rings. The summed E-state index contributed by atoms with van der Waals surface area (Å²) in [7, 11) is 0. The van der Waals surface area contributed by atoms with Crippen LogP contribution < -0.4 is 4.57 Å². The first-order valence-corrected chi connectivity index (χ1v) is 21.7. The second kappa shape index (κ2) is 15.1. The SMILES string of the molecule is [2H]c1c([2H])c([2H])c(-c2cccc(-c3cc(C(C)(C)C)cc(C(C)(C)C)c3)c2-[n+]2cn(-c3cccc(C([2H])([2H])c4ccc5c6ccccc6n(-c6cc7ccoc7cn6)c5c4)c3)c3ccccc32)c([2H])c1[2H]. The zero-order chi connectivity index (χ0) is 49.9. The van der Waals surface area contributed by atoms with Gasteiger partial charge in [0.1, 0.15) is 17.2 Å². The lowest BCUT2D eigenvalue weighted by Crippen LogP contribution is -2.31. The predicted molar refractivity (Wildman–Crippen MR) is 264 cm³/mol. The van der Waals surface area contributed by atoms with Gasteiger partial charge in [-0.25, -0.2) is 4.98 Å². The Morgan fingerprint density at radius 2 is 1.31 bits per heavy atom. The van der Waals surface area contributed by atoms with Crippen LogP contribution in [0.3, 0.4) is 0 Å². The van der Waals surface area contributed by atoms with Crippen LogP contribution >= 0.6 is 0 Å². The molecule has 4 aromatic heterocycles. The first-order valence-electron chi connectivity index (χ1n) is 25.2. The van der Waals surface area contributed by atoms with E-state index in [0.29, 0.717) is 39.5 Å². The standard InChI is InChI=1S/C59H51N4O/c1-58(2,3)44-33-43(34-45(36-44)59(4,5)6)48-22-15-21-47(41-17-8-7-9-18-41)57(48)62-38-61(52-24-12-13-25-53(52)62)46-19-14-16-39(31-46)30-40-26-27-50-49-20-10-11-23-51(49)63(54(50)32-40)56-35-42-28-29-64-55(42)37-60-56/h7-29,31-38H,30H2,1-6H3/q+1/i7D,8D,9D,17D,18D,30D2. The Balaban J connectivity index is 1.11. The van der Waals surface area contributed by atoms with Crippen molar-refractivity contribution in [3.8, 4) is 39.4 Å². The van der Waals surface area contributed by atoms with Crippen molar-refractivity contribution in [1.82, 2.24) is 14.1 Å². The fourth-order valence-corrected chi connectivity index (χ4v) is 8.94. The van der Waals surface area contributed by atoms with Crippen LogP contribution in [0.4, 0.5) is 0 Å². The van der Waals surface area contributed by atoms with E-state index in [9.17, 15) is 5.48 Å². The fraction of sp³-hybridized carbons (Fsp3) is 0.153. The maximum Gasteiger partial charge on any atom is 0.255 e. The van der Waals surface area contributed by atoms with Gasteiger partial charge in [-0.1, -0.05) is 163 Å². The Morgan fingerprint density at radius 1 is 0.625 bits per heavy atom. The van der Waals surface area contributed by atoms with Gasteiger partial charge in [-0.15, -0.1) is 0 Å². The second-order valence-corrected chi connectivity index (χ2v) is 18.6. The van der Waals surface area contributed by atoms with E-state index in [-0.39, 0.29) is 28.5 Å². The van der Waals surface area contributed by atoms with Gasteiger partial charge in [-0.3, -0.25) is 4.57 Å². The third-order valence-electron chi connectivity index (χ3n) is 12.3. The summed E-state index contributed by atoms with van der Waals surface area (Å²) in [5.41, 5.74) is 10.6. The summed E-state index contributed by atoms with van der Waals surface area (Å²) >= 11 is 0. The number of aromatic nitrogens is 4. The summed E-state index contributed by atoms with van der Waals surface area (Å²) < 4.78 is 75.8. The fourth-order valence-electron chi connectivity index (χ4n) is 8.94. The molecule has 11 rings (SSSR count). The molecule has 64 heavy (non-hydrogen) atoms. The van der Waals surface area contributed by atoms with Crippen molar-refractivity contribution in [2.24, 2.45) is 0 Å². The highest BCUT2D eigenvalue weighted by molar-refractivity contribution is 6.09. The van der Waals surface area contributed by atoms with Crippen LogP contribution in [0.1, 0.15) is 73.4 Å². The molecule has 0 atom stereocenters. The molecule has 0 fully saturated rings. The Bertz CT molecular complexity index is 3900. The van der Waals surface area contributed by atoms with Crippen molar-refractivity contribution < 1.29 is 18.6 Å². The molecule has 312 valence electrons. The molecular formula is C59H51N4O+. The van der Waals surface area contributed by atoms with Crippen molar-refractivity contribution in [3.63, 3.8) is 0 Å². The minimum Gasteiger partial charge on any atom is -0.463 e. The monoisotopic (exact) mass is 838 g/mol. The molecule has 0 amide bonds. The van der Waals surface area contributed by atoms with E-state index >= 15 is 0 Å². The van der Waals surface area contributed by atoms with Gasteiger partial charge in [0.15, 0.2) is 16.6 Å². The maximum atomic E-state index is 9.84. The van der Waals surface area contributed by atoms with Crippen LogP contribution in [0.15, 0.2) is 193 Å².